The van der Waals surface area contributed by atoms with Crippen LogP contribution in [0.4, 0.5) is 5.82 Å². The number of aromatic amines is 1. The average Bonchev–Trinajstić information content (AvgIpc) is 3.53. The van der Waals surface area contributed by atoms with E-state index in [0.29, 0.717) is 22.8 Å². The summed E-state index contributed by atoms with van der Waals surface area (Å²) in [6.45, 7) is 0. The Hall–Kier alpha value is -3.16. The summed E-state index contributed by atoms with van der Waals surface area (Å²) in [6, 6.07) is 7.95. The Bertz CT molecular complexity index is 1330. The molecule has 30 heavy (non-hydrogen) atoms. The van der Waals surface area contributed by atoms with E-state index in [9.17, 15) is 0 Å². The van der Waals surface area contributed by atoms with Crippen molar-refractivity contribution in [3.63, 3.8) is 0 Å². The smallest absolute Gasteiger partial charge is 0.201 e. The molecule has 0 saturated carbocycles. The number of nitrogens with one attached hydrogen (secondary N) is 3. The number of hydrogen-bond donors (Lipinski definition) is 5. The maximum Gasteiger partial charge on any atom is 0.201 e. The molecule has 6 rings (SSSR count). The van der Waals surface area contributed by atoms with Crippen molar-refractivity contribution < 1.29 is 0 Å². The lowest BCUT2D eigenvalue weighted by atomic mass is 10.00. The molecule has 1 aliphatic rings. The minimum absolute atomic E-state index is 0.557. The normalized spacial score (nSPS) is 20.2. The molecule has 0 amide bonds. The third-order valence-electron chi connectivity index (χ3n) is 4.99. The first-order chi connectivity index (χ1) is 14.6. The summed E-state index contributed by atoms with van der Waals surface area (Å²) in [6.07, 6.45) is 5.05. The predicted octanol–water partition coefficient (Wildman–Crippen LogP) is 1.63. The van der Waals surface area contributed by atoms with E-state index in [1.165, 1.54) is 0 Å². The lowest BCUT2D eigenvalue weighted by Gasteiger charge is -2.45. The Kier molecular flexibility index (Phi) is 3.63. The van der Waals surface area contributed by atoms with Crippen molar-refractivity contribution in [2.75, 3.05) is 5.32 Å². The number of fused-ring (bicyclic) bond motifs is 2. The van der Waals surface area contributed by atoms with E-state index >= 15 is 0 Å². The molecule has 1 aliphatic heterocycles. The second-order valence-electron chi connectivity index (χ2n) is 6.93. The largest absolute Gasteiger partial charge is 0.343 e. The van der Waals surface area contributed by atoms with Gasteiger partial charge in [-0.1, -0.05) is 12.1 Å². The molecule has 5 aromatic rings. The van der Waals surface area contributed by atoms with E-state index in [-0.39, 0.29) is 0 Å². The number of rotatable bonds is 3. The van der Waals surface area contributed by atoms with Crippen LogP contribution in [0.3, 0.4) is 0 Å². The zero-order valence-electron chi connectivity index (χ0n) is 15.4. The van der Waals surface area contributed by atoms with Crippen molar-refractivity contribution in [3.8, 4) is 10.7 Å². The molecule has 0 radical (unpaired) electrons. The highest BCUT2D eigenvalue weighted by Gasteiger charge is 2.50. The summed E-state index contributed by atoms with van der Waals surface area (Å²) >= 11 is 3.15. The quantitative estimate of drug-likeness (QED) is 0.268. The topological polar surface area (TPSA) is 148 Å². The van der Waals surface area contributed by atoms with Crippen LogP contribution in [0.2, 0.25) is 0 Å². The van der Waals surface area contributed by atoms with Crippen LogP contribution in [-0.2, 0) is 5.66 Å². The van der Waals surface area contributed by atoms with E-state index in [1.807, 2.05) is 39.6 Å². The SMILES string of the molecule is NC1(N)Nc2nc[nH]c2C(c2cccs2)(n2cnc3cnc(-c4cccs4)nc32)N1. The molecule has 1 atom stereocenters. The van der Waals surface area contributed by atoms with Gasteiger partial charge in [-0.3, -0.25) is 16.0 Å². The molecule has 10 nitrogen and oxygen atoms in total. The van der Waals surface area contributed by atoms with Crippen LogP contribution in [0.25, 0.3) is 21.9 Å². The van der Waals surface area contributed by atoms with Gasteiger partial charge in [0.25, 0.3) is 0 Å². The number of H-pyrrole nitrogens is 1. The number of nitrogens with zero attached hydrogens (tertiary/aromatic N) is 5. The fraction of sp³-hybridized carbons (Fsp3) is 0.111. The van der Waals surface area contributed by atoms with Gasteiger partial charge in [0.05, 0.1) is 28.6 Å². The molecule has 12 heteroatoms. The van der Waals surface area contributed by atoms with E-state index in [4.69, 9.17) is 16.5 Å². The minimum atomic E-state index is -1.42. The van der Waals surface area contributed by atoms with Crippen molar-refractivity contribution in [1.82, 2.24) is 34.8 Å². The third kappa shape index (κ3) is 2.45. The molecule has 1 unspecified atom stereocenters. The molecule has 0 saturated heterocycles. The van der Waals surface area contributed by atoms with Crippen molar-refractivity contribution in [3.05, 3.63) is 64.4 Å². The number of aromatic nitrogens is 6. The van der Waals surface area contributed by atoms with Gasteiger partial charge in [-0.15, -0.1) is 22.7 Å². The van der Waals surface area contributed by atoms with Crippen molar-refractivity contribution in [1.29, 1.82) is 0 Å². The summed E-state index contributed by atoms with van der Waals surface area (Å²) < 4.78 is 1.93. The van der Waals surface area contributed by atoms with E-state index in [2.05, 4.69) is 30.6 Å². The Morgan fingerprint density at radius 2 is 1.90 bits per heavy atom. The second kappa shape index (κ2) is 6.17. The molecule has 5 aromatic heterocycles. The van der Waals surface area contributed by atoms with Crippen molar-refractivity contribution in [2.24, 2.45) is 11.5 Å². The van der Waals surface area contributed by atoms with Crippen LogP contribution in [0.5, 0.6) is 0 Å². The highest BCUT2D eigenvalue weighted by Crippen LogP contribution is 2.41. The van der Waals surface area contributed by atoms with Gasteiger partial charge in [0.15, 0.2) is 23.0 Å². The molecule has 7 N–H and O–H groups in total. The first kappa shape index (κ1) is 17.7. The Morgan fingerprint density at radius 1 is 1.03 bits per heavy atom. The van der Waals surface area contributed by atoms with Crippen LogP contribution in [-0.4, -0.2) is 35.4 Å². The maximum absolute atomic E-state index is 6.33. The number of nitrogens with two attached hydrogens (primary N) is 2. The van der Waals surface area contributed by atoms with Gasteiger partial charge in [-0.05, 0) is 22.9 Å². The fourth-order valence-corrected chi connectivity index (χ4v) is 5.35. The molecule has 0 aromatic carbocycles. The van der Waals surface area contributed by atoms with Gasteiger partial charge in [-0.2, -0.15) is 0 Å². The Labute approximate surface area is 178 Å². The van der Waals surface area contributed by atoms with Crippen LogP contribution in [0, 0.1) is 0 Å². The molecular formula is C18H16N10S2. The average molecular weight is 437 g/mol. The van der Waals surface area contributed by atoms with Crippen LogP contribution < -0.4 is 22.1 Å². The van der Waals surface area contributed by atoms with Gasteiger partial charge in [0.1, 0.15) is 11.2 Å². The van der Waals surface area contributed by atoms with Crippen molar-refractivity contribution >= 4 is 39.7 Å². The van der Waals surface area contributed by atoms with E-state index in [1.54, 1.807) is 41.5 Å². The van der Waals surface area contributed by atoms with E-state index in [0.717, 1.165) is 15.4 Å². The third-order valence-corrected chi connectivity index (χ3v) is 6.83. The lowest BCUT2D eigenvalue weighted by molar-refractivity contribution is 0.225. The van der Waals surface area contributed by atoms with Gasteiger partial charge in [0.2, 0.25) is 5.91 Å². The predicted molar refractivity (Wildman–Crippen MR) is 116 cm³/mol. The van der Waals surface area contributed by atoms with Gasteiger partial charge in [0, 0.05) is 0 Å². The Balaban J connectivity index is 1.67. The molecule has 150 valence electrons. The summed E-state index contributed by atoms with van der Waals surface area (Å²) in [5.41, 5.74) is 13.7. The Morgan fingerprint density at radius 3 is 2.70 bits per heavy atom. The summed E-state index contributed by atoms with van der Waals surface area (Å²) in [5.74, 6) is -0.237. The van der Waals surface area contributed by atoms with Gasteiger partial charge >= 0.3 is 0 Å². The molecule has 0 aliphatic carbocycles. The molecule has 6 heterocycles. The first-order valence-electron chi connectivity index (χ1n) is 9.04. The van der Waals surface area contributed by atoms with Crippen LogP contribution in [0.15, 0.2) is 53.9 Å². The van der Waals surface area contributed by atoms with Crippen LogP contribution >= 0.6 is 22.7 Å². The van der Waals surface area contributed by atoms with Crippen molar-refractivity contribution in [2.45, 2.75) is 11.6 Å². The monoisotopic (exact) mass is 436 g/mol. The number of imidazole rings is 2. The lowest BCUT2D eigenvalue weighted by Crippen LogP contribution is -2.75. The van der Waals surface area contributed by atoms with Gasteiger partial charge < -0.3 is 10.3 Å². The number of thiophene rings is 2. The number of anilines is 1. The fourth-order valence-electron chi connectivity index (χ4n) is 3.80. The summed E-state index contributed by atoms with van der Waals surface area (Å²) in [7, 11) is 0. The molecule has 0 fully saturated rings. The zero-order valence-corrected chi connectivity index (χ0v) is 17.0. The maximum atomic E-state index is 6.33. The van der Waals surface area contributed by atoms with Gasteiger partial charge in [-0.25, -0.2) is 25.3 Å². The van der Waals surface area contributed by atoms with E-state index < -0.39 is 11.6 Å². The zero-order chi connectivity index (χ0) is 20.3. The minimum Gasteiger partial charge on any atom is -0.343 e. The summed E-state index contributed by atoms with van der Waals surface area (Å²) in [5, 5.41) is 10.4. The summed E-state index contributed by atoms with van der Waals surface area (Å²) in [4.78, 5) is 23.4. The molecule has 0 spiro atoms. The highest BCUT2D eigenvalue weighted by atomic mass is 32.1. The first-order valence-corrected chi connectivity index (χ1v) is 10.8. The highest BCUT2D eigenvalue weighted by molar-refractivity contribution is 7.13. The standard InChI is InChI=1S/C18H16N10S2/c19-18(20)26-15-13(22-8-23-15)17(27-18,12-4-2-6-30-12)28-9-24-10-7-21-14(25-16(10)28)11-3-1-5-29-11/h1-9,26-27H,19-20H2,(H,22,23). The molecular weight excluding hydrogens is 420 g/mol. The van der Waals surface area contributed by atoms with Crippen LogP contribution in [0.1, 0.15) is 10.6 Å². The molecule has 0 bridgehead atoms. The second-order valence-corrected chi connectivity index (χ2v) is 8.82. The number of hydrogen-bond acceptors (Lipinski definition) is 10.